The van der Waals surface area contributed by atoms with E-state index in [-0.39, 0.29) is 5.41 Å². The van der Waals surface area contributed by atoms with Crippen molar-refractivity contribution in [2.45, 2.75) is 30.3 Å². The van der Waals surface area contributed by atoms with Gasteiger partial charge in [-0.05, 0) is 19.8 Å². The number of cyclic esters (lactones) is 2. The molecular formula is C13H18O4S. The van der Waals surface area contributed by atoms with Gasteiger partial charge in [0.25, 0.3) is 0 Å². The Hall–Kier alpha value is -0.840. The molecule has 3 unspecified atom stereocenters. The third-order valence-corrected chi connectivity index (χ3v) is 5.99. The third kappa shape index (κ3) is 1.98. The van der Waals surface area contributed by atoms with Crippen molar-refractivity contribution in [2.75, 3.05) is 19.8 Å². The summed E-state index contributed by atoms with van der Waals surface area (Å²) in [5.41, 5.74) is 0.0184. The van der Waals surface area contributed by atoms with Gasteiger partial charge in [0.15, 0.2) is 0 Å². The van der Waals surface area contributed by atoms with Gasteiger partial charge in [-0.1, -0.05) is 6.58 Å². The molecule has 3 rings (SSSR count). The molecule has 0 aromatic heterocycles. The summed E-state index contributed by atoms with van der Waals surface area (Å²) in [5.74, 6) is 1.29. The molecule has 0 N–H and O–H groups in total. The number of carbonyl (C=O) groups is 1. The molecule has 3 fully saturated rings. The molecule has 5 heteroatoms. The summed E-state index contributed by atoms with van der Waals surface area (Å²) < 4.78 is 15.8. The minimum atomic E-state index is -0.525. The van der Waals surface area contributed by atoms with Gasteiger partial charge in [0.1, 0.15) is 13.2 Å². The van der Waals surface area contributed by atoms with Crippen LogP contribution in [-0.2, 0) is 14.2 Å². The number of carbonyl (C=O) groups excluding carboxylic acids is 1. The fourth-order valence-corrected chi connectivity index (χ4v) is 5.49. The zero-order chi connectivity index (χ0) is 12.8. The van der Waals surface area contributed by atoms with E-state index in [2.05, 4.69) is 6.58 Å². The molecule has 0 aromatic carbocycles. The van der Waals surface area contributed by atoms with Gasteiger partial charge in [-0.25, -0.2) is 4.79 Å². The normalized spacial score (nSPS) is 36.3. The van der Waals surface area contributed by atoms with E-state index < -0.39 is 6.16 Å². The molecule has 0 saturated carbocycles. The van der Waals surface area contributed by atoms with E-state index in [4.69, 9.17) is 14.2 Å². The van der Waals surface area contributed by atoms with Crippen molar-refractivity contribution in [3.8, 4) is 0 Å². The molecule has 2 bridgehead atoms. The van der Waals surface area contributed by atoms with Gasteiger partial charge in [0.2, 0.25) is 0 Å². The Kier molecular flexibility index (Phi) is 2.96. The number of ether oxygens (including phenoxy) is 3. The zero-order valence-electron chi connectivity index (χ0n) is 10.5. The number of thioether (sulfide) groups is 1. The highest BCUT2D eigenvalue weighted by molar-refractivity contribution is 8.01. The molecule has 3 saturated heterocycles. The van der Waals surface area contributed by atoms with Crippen LogP contribution < -0.4 is 0 Å². The number of hydrogen-bond donors (Lipinski definition) is 0. The Morgan fingerprint density at radius 3 is 2.89 bits per heavy atom. The van der Waals surface area contributed by atoms with Crippen LogP contribution in [0.25, 0.3) is 0 Å². The van der Waals surface area contributed by atoms with Crippen molar-refractivity contribution in [1.82, 2.24) is 0 Å². The smallest absolute Gasteiger partial charge is 0.499 e. The molecule has 3 aliphatic rings. The monoisotopic (exact) mass is 270 g/mol. The Morgan fingerprint density at radius 1 is 1.56 bits per heavy atom. The summed E-state index contributed by atoms with van der Waals surface area (Å²) in [5, 5.41) is 1.14. The first-order valence-corrected chi connectivity index (χ1v) is 7.27. The van der Waals surface area contributed by atoms with Crippen LogP contribution in [0.4, 0.5) is 4.79 Å². The maximum Gasteiger partial charge on any atom is 0.508 e. The summed E-state index contributed by atoms with van der Waals surface area (Å²) in [7, 11) is 0. The molecule has 0 aliphatic carbocycles. The van der Waals surface area contributed by atoms with Crippen molar-refractivity contribution in [2.24, 2.45) is 11.3 Å². The molecular weight excluding hydrogens is 252 g/mol. The second-order valence-corrected chi connectivity index (χ2v) is 7.03. The molecule has 1 spiro atoms. The number of fused-ring (bicyclic) bond motifs is 3. The van der Waals surface area contributed by atoms with Gasteiger partial charge >= 0.3 is 6.16 Å². The van der Waals surface area contributed by atoms with Crippen LogP contribution in [0.15, 0.2) is 12.3 Å². The van der Waals surface area contributed by atoms with Crippen molar-refractivity contribution in [1.29, 1.82) is 0 Å². The van der Waals surface area contributed by atoms with E-state index >= 15 is 0 Å². The van der Waals surface area contributed by atoms with Crippen LogP contribution in [0.2, 0.25) is 0 Å². The van der Waals surface area contributed by atoms with Gasteiger partial charge in [-0.15, -0.1) is 0 Å². The van der Waals surface area contributed by atoms with Crippen LogP contribution in [0, 0.1) is 11.3 Å². The van der Waals surface area contributed by atoms with E-state index in [1.54, 1.807) is 0 Å². The molecule has 3 aliphatic heterocycles. The topological polar surface area (TPSA) is 44.8 Å². The van der Waals surface area contributed by atoms with Gasteiger partial charge in [-0.3, -0.25) is 0 Å². The largest absolute Gasteiger partial charge is 0.508 e. The molecule has 0 radical (unpaired) electrons. The quantitative estimate of drug-likeness (QED) is 0.582. The Labute approximate surface area is 111 Å². The average molecular weight is 270 g/mol. The molecule has 4 nitrogen and oxygen atoms in total. The first-order chi connectivity index (χ1) is 8.59. The SMILES string of the molecule is C=C(C)OCC1CC2CC3(COC(=O)OC3)C1S2. The van der Waals surface area contributed by atoms with Crippen LogP contribution in [0.1, 0.15) is 19.8 Å². The predicted molar refractivity (Wildman–Crippen MR) is 68.4 cm³/mol. The number of rotatable bonds is 3. The number of allylic oxidation sites excluding steroid dienone is 1. The van der Waals surface area contributed by atoms with Gasteiger partial charge in [0.05, 0.1) is 17.8 Å². The summed E-state index contributed by atoms with van der Waals surface area (Å²) in [6.07, 6.45) is 1.76. The van der Waals surface area contributed by atoms with Gasteiger partial charge in [-0.2, -0.15) is 11.8 Å². The summed E-state index contributed by atoms with van der Waals surface area (Å²) in [6, 6.07) is 0. The van der Waals surface area contributed by atoms with Crippen molar-refractivity contribution in [3.63, 3.8) is 0 Å². The van der Waals surface area contributed by atoms with Crippen molar-refractivity contribution in [3.05, 3.63) is 12.3 Å². The lowest BCUT2D eigenvalue weighted by molar-refractivity contribution is -0.0755. The molecule has 0 amide bonds. The van der Waals surface area contributed by atoms with E-state index in [1.807, 2.05) is 18.7 Å². The number of hydrogen-bond acceptors (Lipinski definition) is 5. The second kappa shape index (κ2) is 4.37. The lowest BCUT2D eigenvalue weighted by atomic mass is 9.70. The molecule has 100 valence electrons. The second-order valence-electron chi connectivity index (χ2n) is 5.58. The molecule has 3 heterocycles. The summed E-state index contributed by atoms with van der Waals surface area (Å²) in [4.78, 5) is 11.0. The molecule has 0 aromatic rings. The minimum absolute atomic E-state index is 0.0184. The fraction of sp³-hybridized carbons (Fsp3) is 0.769. The Bertz CT molecular complexity index is 371. The zero-order valence-corrected chi connectivity index (χ0v) is 11.3. The highest BCUT2D eigenvalue weighted by Crippen LogP contribution is 2.59. The van der Waals surface area contributed by atoms with Crippen LogP contribution in [0.3, 0.4) is 0 Å². The lowest BCUT2D eigenvalue weighted by Crippen LogP contribution is -2.49. The maximum atomic E-state index is 11.0. The summed E-state index contributed by atoms with van der Waals surface area (Å²) >= 11 is 2.02. The van der Waals surface area contributed by atoms with E-state index in [1.165, 1.54) is 6.42 Å². The highest BCUT2D eigenvalue weighted by Gasteiger charge is 2.59. The maximum absolute atomic E-state index is 11.0. The third-order valence-electron chi connectivity index (χ3n) is 4.07. The van der Waals surface area contributed by atoms with Crippen molar-refractivity contribution >= 4 is 17.9 Å². The average Bonchev–Trinajstić information content (AvgIpc) is 2.88. The van der Waals surface area contributed by atoms with Gasteiger partial charge < -0.3 is 14.2 Å². The first-order valence-electron chi connectivity index (χ1n) is 6.32. The summed E-state index contributed by atoms with van der Waals surface area (Å²) in [6.45, 7) is 7.37. The highest BCUT2D eigenvalue weighted by atomic mass is 32.2. The molecule has 3 atom stereocenters. The Morgan fingerprint density at radius 2 is 2.28 bits per heavy atom. The first kappa shape index (κ1) is 12.2. The standard InChI is InChI=1S/C13H18O4S/c1-8(2)15-5-9-3-10-4-13(11(9)18-10)6-16-12(14)17-7-13/h9-11H,1,3-7H2,2H3. The minimum Gasteiger partial charge on any atom is -0.499 e. The van der Waals surface area contributed by atoms with Crippen LogP contribution >= 0.6 is 11.8 Å². The van der Waals surface area contributed by atoms with E-state index in [0.717, 1.165) is 18.8 Å². The lowest BCUT2D eigenvalue weighted by Gasteiger charge is -2.41. The van der Waals surface area contributed by atoms with E-state index in [0.29, 0.717) is 29.6 Å². The Balaban J connectivity index is 1.68. The van der Waals surface area contributed by atoms with E-state index in [9.17, 15) is 4.79 Å². The van der Waals surface area contributed by atoms with Gasteiger partial charge in [0, 0.05) is 16.4 Å². The van der Waals surface area contributed by atoms with Crippen LogP contribution in [0.5, 0.6) is 0 Å². The molecule has 18 heavy (non-hydrogen) atoms. The predicted octanol–water partition coefficient (Wildman–Crippen LogP) is 2.58. The fourth-order valence-electron chi connectivity index (χ4n) is 3.36. The van der Waals surface area contributed by atoms with Crippen molar-refractivity contribution < 1.29 is 19.0 Å². The van der Waals surface area contributed by atoms with Crippen LogP contribution in [-0.4, -0.2) is 36.5 Å².